The first-order chi connectivity index (χ1) is 19.1. The number of carbonyl (C=O) groups excluding carboxylic acids is 1. The zero-order chi connectivity index (χ0) is 26.8. The summed E-state index contributed by atoms with van der Waals surface area (Å²) in [4.78, 5) is 23.1. The zero-order valence-corrected chi connectivity index (χ0v) is 22.8. The van der Waals surface area contributed by atoms with E-state index in [0.29, 0.717) is 23.2 Å². The normalized spacial score (nSPS) is 18.2. The van der Waals surface area contributed by atoms with Gasteiger partial charge in [0.1, 0.15) is 5.82 Å². The van der Waals surface area contributed by atoms with Crippen molar-refractivity contribution < 1.29 is 9.18 Å². The van der Waals surface area contributed by atoms with Crippen LogP contribution in [0.1, 0.15) is 37.3 Å². The van der Waals surface area contributed by atoms with Gasteiger partial charge in [-0.2, -0.15) is 0 Å². The number of amides is 1. The molecule has 0 aliphatic carbocycles. The van der Waals surface area contributed by atoms with Gasteiger partial charge in [-0.15, -0.1) is 0 Å². The number of aliphatic imine (C=N–C) groups is 1. The Labute approximate surface area is 232 Å². The number of thioether (sulfide) groups is 1. The van der Waals surface area contributed by atoms with Crippen LogP contribution in [0, 0.1) is 5.82 Å². The molecule has 5 nitrogen and oxygen atoms in total. The lowest BCUT2D eigenvalue weighted by atomic mass is 10.1. The van der Waals surface area contributed by atoms with E-state index >= 15 is 0 Å². The van der Waals surface area contributed by atoms with Crippen molar-refractivity contribution in [3.63, 3.8) is 0 Å². The van der Waals surface area contributed by atoms with Crippen LogP contribution in [0.2, 0.25) is 0 Å². The number of fused-ring (bicyclic) bond motifs is 1. The molecule has 0 bridgehead atoms. The first-order valence-corrected chi connectivity index (χ1v) is 14.4. The fourth-order valence-electron chi connectivity index (χ4n) is 5.32. The summed E-state index contributed by atoms with van der Waals surface area (Å²) in [6.07, 6.45) is 7.84. The highest BCUT2D eigenvalue weighted by molar-refractivity contribution is 8.18. The van der Waals surface area contributed by atoms with Gasteiger partial charge in [-0.25, -0.2) is 9.38 Å². The van der Waals surface area contributed by atoms with Crippen molar-refractivity contribution in [1.82, 2.24) is 9.47 Å². The molecular weight excluding hydrogens is 507 g/mol. The van der Waals surface area contributed by atoms with Crippen molar-refractivity contribution in [2.75, 3.05) is 24.5 Å². The van der Waals surface area contributed by atoms with Crippen molar-refractivity contribution in [3.8, 4) is 0 Å². The summed E-state index contributed by atoms with van der Waals surface area (Å²) >= 11 is 1.42. The molecule has 39 heavy (non-hydrogen) atoms. The minimum Gasteiger partial charge on any atom is -0.372 e. The third kappa shape index (κ3) is 5.36. The first kappa shape index (κ1) is 25.4. The topological polar surface area (TPSA) is 40.8 Å². The van der Waals surface area contributed by atoms with E-state index in [1.807, 2.05) is 37.3 Å². The van der Waals surface area contributed by atoms with Crippen molar-refractivity contribution in [1.29, 1.82) is 0 Å². The number of likely N-dealkylation sites (N-methyl/N-ethyl adjacent to an activating group) is 1. The van der Waals surface area contributed by atoms with Crippen molar-refractivity contribution in [2.45, 2.75) is 32.7 Å². The summed E-state index contributed by atoms with van der Waals surface area (Å²) in [7, 11) is 0. The number of para-hydroxylation sites is 1. The van der Waals surface area contributed by atoms with Crippen LogP contribution in [-0.2, 0) is 11.3 Å². The Bertz CT molecular complexity index is 1550. The molecule has 1 aromatic heterocycles. The van der Waals surface area contributed by atoms with E-state index in [9.17, 15) is 9.18 Å². The lowest BCUT2D eigenvalue weighted by Crippen LogP contribution is -2.29. The molecule has 2 aliphatic rings. The molecule has 0 unspecified atom stereocenters. The van der Waals surface area contributed by atoms with E-state index in [4.69, 9.17) is 4.99 Å². The highest BCUT2D eigenvalue weighted by Crippen LogP contribution is 2.36. The van der Waals surface area contributed by atoms with E-state index < -0.39 is 0 Å². The molecule has 0 saturated carbocycles. The van der Waals surface area contributed by atoms with E-state index in [-0.39, 0.29) is 11.7 Å². The molecule has 3 heterocycles. The van der Waals surface area contributed by atoms with Gasteiger partial charge >= 0.3 is 0 Å². The molecule has 0 N–H and O–H groups in total. The Kier molecular flexibility index (Phi) is 7.24. The highest BCUT2D eigenvalue weighted by Gasteiger charge is 2.32. The van der Waals surface area contributed by atoms with Crippen molar-refractivity contribution in [3.05, 3.63) is 101 Å². The van der Waals surface area contributed by atoms with Gasteiger partial charge in [0.25, 0.3) is 5.91 Å². The van der Waals surface area contributed by atoms with Gasteiger partial charge in [0.05, 0.1) is 10.6 Å². The molecule has 3 aromatic carbocycles. The number of rotatable bonds is 6. The second-order valence-corrected chi connectivity index (χ2v) is 11.0. The number of benzene rings is 3. The van der Waals surface area contributed by atoms with Gasteiger partial charge in [0, 0.05) is 54.5 Å². The minimum atomic E-state index is -0.241. The number of amidine groups is 1. The molecule has 2 saturated heterocycles. The van der Waals surface area contributed by atoms with Crippen LogP contribution in [0.5, 0.6) is 0 Å². The maximum Gasteiger partial charge on any atom is 0.266 e. The van der Waals surface area contributed by atoms with Crippen LogP contribution >= 0.6 is 11.8 Å². The summed E-state index contributed by atoms with van der Waals surface area (Å²) in [5, 5.41) is 1.77. The maximum atomic E-state index is 13.4. The van der Waals surface area contributed by atoms with Gasteiger partial charge < -0.3 is 9.47 Å². The van der Waals surface area contributed by atoms with E-state index in [1.54, 1.807) is 17.0 Å². The van der Waals surface area contributed by atoms with Crippen LogP contribution < -0.4 is 4.90 Å². The molecule has 7 heteroatoms. The Morgan fingerprint density at radius 3 is 2.44 bits per heavy atom. The fraction of sp³-hybridized carbons (Fsp3) is 0.250. The summed E-state index contributed by atoms with van der Waals surface area (Å²) in [5.74, 6) is -0.268. The Balaban J connectivity index is 1.28. The molecule has 4 aromatic rings. The summed E-state index contributed by atoms with van der Waals surface area (Å²) < 4.78 is 15.6. The number of anilines is 1. The smallest absolute Gasteiger partial charge is 0.266 e. The third-order valence-electron chi connectivity index (χ3n) is 7.37. The van der Waals surface area contributed by atoms with E-state index in [2.05, 4.69) is 39.9 Å². The highest BCUT2D eigenvalue weighted by atomic mass is 32.2. The van der Waals surface area contributed by atoms with Gasteiger partial charge in [0.2, 0.25) is 0 Å². The standard InChI is InChI=1S/C32H31FN4OS/c1-2-37-31(38)30(39-32(37)34-26-14-16-27(17-15-26)35-18-6-3-7-19-35)20-24-22-36(29-9-5-4-8-28(24)29)21-23-10-12-25(33)13-11-23/h4-5,8-17,20,22H,2-3,6-7,18-19,21H2,1H3/b30-20-,34-32?. The van der Waals surface area contributed by atoms with Crippen LogP contribution in [0.15, 0.2) is 88.9 Å². The fourth-order valence-corrected chi connectivity index (χ4v) is 6.37. The minimum absolute atomic E-state index is 0.0263. The first-order valence-electron chi connectivity index (χ1n) is 13.6. The lowest BCUT2D eigenvalue weighted by Gasteiger charge is -2.28. The molecular formula is C32H31FN4OS. The average molecular weight is 539 g/mol. The second kappa shape index (κ2) is 11.1. The van der Waals surface area contributed by atoms with E-state index in [0.717, 1.165) is 40.8 Å². The zero-order valence-electron chi connectivity index (χ0n) is 22.0. The molecule has 2 aliphatic heterocycles. The quantitative estimate of drug-likeness (QED) is 0.240. The number of hydrogen-bond donors (Lipinski definition) is 0. The molecule has 6 rings (SSSR count). The van der Waals surface area contributed by atoms with Crippen LogP contribution in [0.4, 0.5) is 15.8 Å². The summed E-state index contributed by atoms with van der Waals surface area (Å²) in [5.41, 5.74) is 5.15. The lowest BCUT2D eigenvalue weighted by molar-refractivity contribution is -0.122. The van der Waals surface area contributed by atoms with E-state index in [1.165, 1.54) is 48.8 Å². The van der Waals surface area contributed by atoms with Gasteiger partial charge in [-0.1, -0.05) is 30.3 Å². The Morgan fingerprint density at radius 1 is 0.949 bits per heavy atom. The Hall–Kier alpha value is -3.84. The predicted molar refractivity (Wildman–Crippen MR) is 160 cm³/mol. The number of aromatic nitrogens is 1. The van der Waals surface area contributed by atoms with Crippen LogP contribution in [0.3, 0.4) is 0 Å². The van der Waals surface area contributed by atoms with Crippen LogP contribution in [-0.4, -0.2) is 40.2 Å². The maximum absolute atomic E-state index is 13.4. The largest absolute Gasteiger partial charge is 0.372 e. The molecule has 2 fully saturated rings. The Morgan fingerprint density at radius 2 is 1.69 bits per heavy atom. The number of piperidine rings is 1. The SMILES string of the molecule is CCN1C(=O)/C(=C/c2cn(Cc3ccc(F)cc3)c3ccccc23)SC1=Nc1ccc(N2CCCCC2)cc1. The predicted octanol–water partition coefficient (Wildman–Crippen LogP) is 7.44. The van der Waals surface area contributed by atoms with Crippen molar-refractivity contribution in [2.24, 2.45) is 4.99 Å². The van der Waals surface area contributed by atoms with Crippen LogP contribution in [0.25, 0.3) is 17.0 Å². The molecule has 0 spiro atoms. The third-order valence-corrected chi connectivity index (χ3v) is 8.38. The monoisotopic (exact) mass is 538 g/mol. The number of hydrogen-bond acceptors (Lipinski definition) is 4. The number of nitrogens with zero attached hydrogens (tertiary/aromatic N) is 4. The molecule has 198 valence electrons. The van der Waals surface area contributed by atoms with Crippen molar-refractivity contribution >= 4 is 51.2 Å². The molecule has 1 amide bonds. The number of carbonyl (C=O) groups is 1. The summed E-state index contributed by atoms with van der Waals surface area (Å²) in [6, 6.07) is 23.1. The molecule has 0 radical (unpaired) electrons. The second-order valence-electron chi connectivity index (χ2n) is 9.97. The van der Waals surface area contributed by atoms with Gasteiger partial charge in [-0.05, 0) is 92.1 Å². The summed E-state index contributed by atoms with van der Waals surface area (Å²) in [6.45, 7) is 5.37. The molecule has 0 atom stereocenters. The van der Waals surface area contributed by atoms with Gasteiger partial charge in [0.15, 0.2) is 5.17 Å². The average Bonchev–Trinajstić information content (AvgIpc) is 3.46. The van der Waals surface area contributed by atoms with Gasteiger partial charge in [-0.3, -0.25) is 9.69 Å². The number of halogens is 1.